The van der Waals surface area contributed by atoms with Crippen LogP contribution >= 0.6 is 0 Å². The molecule has 1 N–H and O–H groups in total. The van der Waals surface area contributed by atoms with Crippen LogP contribution in [0.15, 0.2) is 24.3 Å². The Balaban J connectivity index is 1.55. The Bertz CT molecular complexity index is 367. The molecule has 1 atom stereocenters. The van der Waals surface area contributed by atoms with Crippen molar-refractivity contribution in [3.8, 4) is 0 Å². The predicted molar refractivity (Wildman–Crippen MR) is 76.8 cm³/mol. The summed E-state index contributed by atoms with van der Waals surface area (Å²) in [5.41, 5.74) is 3.12. The summed E-state index contributed by atoms with van der Waals surface area (Å²) in [5.74, 6) is 0.919. The molecular formula is C17H25N. The van der Waals surface area contributed by atoms with E-state index in [9.17, 15) is 0 Å². The number of hydrogen-bond acceptors (Lipinski definition) is 1. The molecule has 0 heterocycles. The van der Waals surface area contributed by atoms with Gasteiger partial charge in [0.2, 0.25) is 0 Å². The summed E-state index contributed by atoms with van der Waals surface area (Å²) in [6.45, 7) is 2.40. The summed E-state index contributed by atoms with van der Waals surface area (Å²) in [6.07, 6.45) is 9.68. The van der Waals surface area contributed by atoms with Crippen molar-refractivity contribution in [2.45, 2.75) is 64.0 Å². The highest BCUT2D eigenvalue weighted by atomic mass is 15.0. The van der Waals surface area contributed by atoms with Crippen LogP contribution in [0.25, 0.3) is 0 Å². The molecule has 2 aliphatic carbocycles. The zero-order chi connectivity index (χ0) is 12.4. The molecule has 0 aromatic heterocycles. The minimum Gasteiger partial charge on any atom is -0.311 e. The maximum absolute atomic E-state index is 3.90. The van der Waals surface area contributed by atoms with E-state index in [2.05, 4.69) is 36.5 Å². The third-order valence-electron chi connectivity index (χ3n) is 4.91. The summed E-state index contributed by atoms with van der Waals surface area (Å²) in [6, 6.07) is 10.3. The lowest BCUT2D eigenvalue weighted by molar-refractivity contribution is 0.265. The van der Waals surface area contributed by atoms with Crippen LogP contribution in [0, 0.1) is 5.92 Å². The summed E-state index contributed by atoms with van der Waals surface area (Å²) < 4.78 is 0. The molecule has 1 saturated carbocycles. The first-order valence-electron chi connectivity index (χ1n) is 7.66. The van der Waals surface area contributed by atoms with Gasteiger partial charge in [0.15, 0.2) is 0 Å². The molecule has 0 radical (unpaired) electrons. The molecule has 1 fully saturated rings. The highest BCUT2D eigenvalue weighted by molar-refractivity contribution is 5.33. The van der Waals surface area contributed by atoms with Gasteiger partial charge < -0.3 is 5.32 Å². The van der Waals surface area contributed by atoms with E-state index in [0.29, 0.717) is 12.1 Å². The van der Waals surface area contributed by atoms with Crippen LogP contribution in [-0.4, -0.2) is 12.1 Å². The SMILES string of the molecule is CC(NC1Cc2ccccc2C1)C1CCCCC1. The summed E-state index contributed by atoms with van der Waals surface area (Å²) in [4.78, 5) is 0. The van der Waals surface area contributed by atoms with E-state index < -0.39 is 0 Å². The second kappa shape index (κ2) is 5.44. The van der Waals surface area contributed by atoms with Gasteiger partial charge in [0.05, 0.1) is 0 Å². The zero-order valence-corrected chi connectivity index (χ0v) is 11.5. The van der Waals surface area contributed by atoms with Crippen LogP contribution in [0.2, 0.25) is 0 Å². The molecule has 0 saturated heterocycles. The van der Waals surface area contributed by atoms with E-state index >= 15 is 0 Å². The third kappa shape index (κ3) is 2.61. The van der Waals surface area contributed by atoms with Gasteiger partial charge in [0.1, 0.15) is 0 Å². The van der Waals surface area contributed by atoms with E-state index in [1.165, 1.54) is 44.9 Å². The first kappa shape index (κ1) is 12.2. The molecule has 18 heavy (non-hydrogen) atoms. The standard InChI is InChI=1S/C17H25N/c1-13(14-7-3-2-4-8-14)18-17-11-15-9-5-6-10-16(15)12-17/h5-6,9-10,13-14,17-18H,2-4,7-8,11-12H2,1H3. The van der Waals surface area contributed by atoms with Gasteiger partial charge in [-0.15, -0.1) is 0 Å². The highest BCUT2D eigenvalue weighted by Gasteiger charge is 2.26. The van der Waals surface area contributed by atoms with Crippen LogP contribution in [0.1, 0.15) is 50.2 Å². The van der Waals surface area contributed by atoms with E-state index in [1.54, 1.807) is 11.1 Å². The van der Waals surface area contributed by atoms with Gasteiger partial charge in [-0.1, -0.05) is 43.5 Å². The van der Waals surface area contributed by atoms with Crippen LogP contribution in [-0.2, 0) is 12.8 Å². The molecule has 98 valence electrons. The fourth-order valence-electron chi connectivity index (χ4n) is 3.82. The number of benzene rings is 1. The molecular weight excluding hydrogens is 218 g/mol. The Morgan fingerprint density at radius 1 is 1.00 bits per heavy atom. The quantitative estimate of drug-likeness (QED) is 0.853. The van der Waals surface area contributed by atoms with Crippen molar-refractivity contribution in [1.29, 1.82) is 0 Å². The molecule has 2 aliphatic rings. The Hall–Kier alpha value is -0.820. The molecule has 1 nitrogen and oxygen atoms in total. The second-order valence-corrected chi connectivity index (χ2v) is 6.23. The van der Waals surface area contributed by atoms with Crippen molar-refractivity contribution in [2.75, 3.05) is 0 Å². The van der Waals surface area contributed by atoms with Gasteiger partial charge in [0, 0.05) is 12.1 Å². The molecule has 1 aromatic carbocycles. The van der Waals surface area contributed by atoms with Crippen LogP contribution in [0.5, 0.6) is 0 Å². The number of hydrogen-bond donors (Lipinski definition) is 1. The molecule has 1 heteroatoms. The van der Waals surface area contributed by atoms with Crippen molar-refractivity contribution in [1.82, 2.24) is 5.32 Å². The number of nitrogens with one attached hydrogen (secondary N) is 1. The minimum absolute atomic E-state index is 0.680. The predicted octanol–water partition coefficient (Wildman–Crippen LogP) is 3.71. The first-order valence-corrected chi connectivity index (χ1v) is 7.66. The fourth-order valence-corrected chi connectivity index (χ4v) is 3.82. The maximum Gasteiger partial charge on any atom is 0.0151 e. The van der Waals surface area contributed by atoms with Crippen LogP contribution < -0.4 is 5.32 Å². The van der Waals surface area contributed by atoms with E-state index in [1.807, 2.05) is 0 Å². The zero-order valence-electron chi connectivity index (χ0n) is 11.5. The van der Waals surface area contributed by atoms with Crippen molar-refractivity contribution >= 4 is 0 Å². The van der Waals surface area contributed by atoms with Gasteiger partial charge in [-0.2, -0.15) is 0 Å². The molecule has 0 amide bonds. The average Bonchev–Trinajstić information content (AvgIpc) is 2.82. The van der Waals surface area contributed by atoms with E-state index in [4.69, 9.17) is 0 Å². The van der Waals surface area contributed by atoms with Crippen molar-refractivity contribution in [2.24, 2.45) is 5.92 Å². The van der Waals surface area contributed by atoms with Crippen LogP contribution in [0.3, 0.4) is 0 Å². The second-order valence-electron chi connectivity index (χ2n) is 6.23. The topological polar surface area (TPSA) is 12.0 Å². The number of fused-ring (bicyclic) bond motifs is 1. The summed E-state index contributed by atoms with van der Waals surface area (Å²) >= 11 is 0. The maximum atomic E-state index is 3.90. The van der Waals surface area contributed by atoms with E-state index in [-0.39, 0.29) is 0 Å². The Kier molecular flexibility index (Phi) is 3.69. The molecule has 1 unspecified atom stereocenters. The lowest BCUT2D eigenvalue weighted by Gasteiger charge is -2.30. The van der Waals surface area contributed by atoms with E-state index in [0.717, 1.165) is 5.92 Å². The summed E-state index contributed by atoms with van der Waals surface area (Å²) in [7, 11) is 0. The van der Waals surface area contributed by atoms with Gasteiger partial charge >= 0.3 is 0 Å². The normalized spacial score (nSPS) is 22.9. The molecule has 3 rings (SSSR count). The van der Waals surface area contributed by atoms with Gasteiger partial charge in [-0.3, -0.25) is 0 Å². The summed E-state index contributed by atoms with van der Waals surface area (Å²) in [5, 5.41) is 3.90. The third-order valence-corrected chi connectivity index (χ3v) is 4.91. The van der Waals surface area contributed by atoms with Crippen molar-refractivity contribution in [3.05, 3.63) is 35.4 Å². The molecule has 0 bridgehead atoms. The molecule has 0 spiro atoms. The largest absolute Gasteiger partial charge is 0.311 e. The number of rotatable bonds is 3. The lowest BCUT2D eigenvalue weighted by Crippen LogP contribution is -2.42. The molecule has 1 aromatic rings. The monoisotopic (exact) mass is 243 g/mol. The molecule has 0 aliphatic heterocycles. The highest BCUT2D eigenvalue weighted by Crippen LogP contribution is 2.28. The Morgan fingerprint density at radius 3 is 2.22 bits per heavy atom. The Morgan fingerprint density at radius 2 is 1.61 bits per heavy atom. The minimum atomic E-state index is 0.680. The Labute approximate surface area is 111 Å². The lowest BCUT2D eigenvalue weighted by atomic mass is 9.84. The van der Waals surface area contributed by atoms with Crippen molar-refractivity contribution < 1.29 is 0 Å². The smallest absolute Gasteiger partial charge is 0.0151 e. The van der Waals surface area contributed by atoms with Crippen LogP contribution in [0.4, 0.5) is 0 Å². The van der Waals surface area contributed by atoms with Crippen molar-refractivity contribution in [3.63, 3.8) is 0 Å². The first-order chi connectivity index (χ1) is 8.83. The fraction of sp³-hybridized carbons (Fsp3) is 0.647. The average molecular weight is 243 g/mol. The van der Waals surface area contributed by atoms with Gasteiger partial charge in [-0.05, 0) is 49.7 Å². The van der Waals surface area contributed by atoms with Gasteiger partial charge in [0.25, 0.3) is 0 Å². The van der Waals surface area contributed by atoms with Gasteiger partial charge in [-0.25, -0.2) is 0 Å².